The number of amides is 1. The molecule has 5 nitrogen and oxygen atoms in total. The third-order valence-corrected chi connectivity index (χ3v) is 4.23. The van der Waals surface area contributed by atoms with Crippen LogP contribution in [0.3, 0.4) is 0 Å². The second kappa shape index (κ2) is 5.76. The van der Waals surface area contributed by atoms with Gasteiger partial charge in [0.2, 0.25) is 0 Å². The van der Waals surface area contributed by atoms with E-state index in [2.05, 4.69) is 16.5 Å². The van der Waals surface area contributed by atoms with Gasteiger partial charge in [-0.1, -0.05) is 6.92 Å². The predicted octanol–water partition coefficient (Wildman–Crippen LogP) is 2.82. The van der Waals surface area contributed by atoms with Gasteiger partial charge in [0.05, 0.1) is 17.9 Å². The molecule has 112 valence electrons. The van der Waals surface area contributed by atoms with Crippen LogP contribution in [-0.2, 0) is 6.42 Å². The van der Waals surface area contributed by atoms with Gasteiger partial charge in [-0.05, 0) is 25.8 Å². The second-order valence-corrected chi connectivity index (χ2v) is 5.54. The molecule has 1 fully saturated rings. The number of aromatic nitrogens is 2. The maximum Gasteiger partial charge on any atom is 0.257 e. The van der Waals surface area contributed by atoms with Crippen LogP contribution in [0.15, 0.2) is 29.1 Å². The first-order valence-corrected chi connectivity index (χ1v) is 7.55. The fourth-order valence-corrected chi connectivity index (χ4v) is 3.09. The number of piperidine rings is 1. The van der Waals surface area contributed by atoms with Gasteiger partial charge in [-0.25, -0.2) is 4.98 Å². The Labute approximate surface area is 124 Å². The summed E-state index contributed by atoms with van der Waals surface area (Å²) in [4.78, 5) is 18.9. The maximum absolute atomic E-state index is 12.6. The van der Waals surface area contributed by atoms with E-state index in [-0.39, 0.29) is 5.91 Å². The molecule has 0 bridgehead atoms. The topological polar surface area (TPSA) is 51.3 Å². The summed E-state index contributed by atoms with van der Waals surface area (Å²) in [7, 11) is 0. The van der Waals surface area contributed by atoms with Gasteiger partial charge in [0, 0.05) is 31.9 Å². The number of furan rings is 1. The van der Waals surface area contributed by atoms with Crippen molar-refractivity contribution in [2.75, 3.05) is 13.1 Å². The average Bonchev–Trinajstić information content (AvgIpc) is 3.15. The van der Waals surface area contributed by atoms with E-state index in [0.717, 1.165) is 38.2 Å². The molecule has 0 N–H and O–H groups in total. The number of hydrogen-bond acceptors (Lipinski definition) is 3. The van der Waals surface area contributed by atoms with Gasteiger partial charge in [0.25, 0.3) is 5.91 Å². The van der Waals surface area contributed by atoms with Gasteiger partial charge in [-0.3, -0.25) is 4.79 Å². The van der Waals surface area contributed by atoms with Crippen LogP contribution in [0.5, 0.6) is 0 Å². The van der Waals surface area contributed by atoms with Gasteiger partial charge in [0.15, 0.2) is 0 Å². The molecule has 0 aromatic carbocycles. The molecule has 3 rings (SSSR count). The van der Waals surface area contributed by atoms with Crippen molar-refractivity contribution >= 4 is 5.91 Å². The van der Waals surface area contributed by atoms with Crippen molar-refractivity contribution in [1.82, 2.24) is 14.5 Å². The molecule has 21 heavy (non-hydrogen) atoms. The Kier molecular flexibility index (Phi) is 3.82. The van der Waals surface area contributed by atoms with E-state index in [0.29, 0.717) is 17.4 Å². The summed E-state index contributed by atoms with van der Waals surface area (Å²) in [6.07, 6.45) is 8.49. The van der Waals surface area contributed by atoms with Gasteiger partial charge in [-0.2, -0.15) is 0 Å². The van der Waals surface area contributed by atoms with Crippen LogP contribution in [0.4, 0.5) is 0 Å². The normalized spacial score (nSPS) is 19.0. The highest BCUT2D eigenvalue weighted by molar-refractivity contribution is 5.95. The molecular formula is C16H21N3O2. The Balaban J connectivity index is 1.77. The van der Waals surface area contributed by atoms with Crippen LogP contribution in [0.1, 0.15) is 47.7 Å². The lowest BCUT2D eigenvalue weighted by Crippen LogP contribution is -2.41. The van der Waals surface area contributed by atoms with Crippen LogP contribution in [0, 0.1) is 6.92 Å². The molecule has 1 saturated heterocycles. The minimum Gasteiger partial charge on any atom is -0.469 e. The number of nitrogens with zero attached hydrogens (tertiary/aromatic N) is 3. The molecule has 1 atom stereocenters. The van der Waals surface area contributed by atoms with E-state index in [1.54, 1.807) is 12.3 Å². The molecule has 0 saturated carbocycles. The summed E-state index contributed by atoms with van der Waals surface area (Å²) >= 11 is 0. The number of aryl methyl sites for hydroxylation is 2. The van der Waals surface area contributed by atoms with Crippen molar-refractivity contribution in [1.29, 1.82) is 0 Å². The highest BCUT2D eigenvalue weighted by Crippen LogP contribution is 2.25. The predicted molar refractivity (Wildman–Crippen MR) is 79.2 cm³/mol. The van der Waals surface area contributed by atoms with Gasteiger partial charge >= 0.3 is 0 Å². The molecule has 3 heterocycles. The lowest BCUT2D eigenvalue weighted by Gasteiger charge is -2.34. The van der Waals surface area contributed by atoms with Crippen molar-refractivity contribution < 1.29 is 9.21 Å². The number of carbonyl (C=O) groups is 1. The first-order valence-electron chi connectivity index (χ1n) is 7.55. The van der Waals surface area contributed by atoms with Gasteiger partial charge < -0.3 is 13.9 Å². The zero-order valence-electron chi connectivity index (χ0n) is 12.6. The lowest BCUT2D eigenvalue weighted by atomic mass is 10.0. The Morgan fingerprint density at radius 2 is 2.38 bits per heavy atom. The molecule has 2 aromatic heterocycles. The number of likely N-dealkylation sites (tertiary alicyclic amines) is 1. The Bertz CT molecular complexity index is 629. The van der Waals surface area contributed by atoms with E-state index in [4.69, 9.17) is 4.42 Å². The molecule has 0 radical (unpaired) electrons. The van der Waals surface area contributed by atoms with E-state index in [9.17, 15) is 4.79 Å². The zero-order valence-corrected chi connectivity index (χ0v) is 12.6. The maximum atomic E-state index is 12.6. The van der Waals surface area contributed by atoms with Crippen LogP contribution < -0.4 is 0 Å². The van der Waals surface area contributed by atoms with E-state index in [1.807, 2.05) is 24.2 Å². The van der Waals surface area contributed by atoms with Crippen LogP contribution in [0.2, 0.25) is 0 Å². The highest BCUT2D eigenvalue weighted by atomic mass is 16.3. The smallest absolute Gasteiger partial charge is 0.257 e. The monoisotopic (exact) mass is 287 g/mol. The minimum absolute atomic E-state index is 0.0733. The summed E-state index contributed by atoms with van der Waals surface area (Å²) in [6, 6.07) is 2.09. The van der Waals surface area contributed by atoms with Crippen LogP contribution in [0.25, 0.3) is 0 Å². The molecule has 2 aromatic rings. The molecule has 1 amide bonds. The van der Waals surface area contributed by atoms with E-state index >= 15 is 0 Å². The van der Waals surface area contributed by atoms with Gasteiger partial charge in [-0.15, -0.1) is 0 Å². The molecule has 0 aliphatic carbocycles. The van der Waals surface area contributed by atoms with Crippen molar-refractivity contribution in [3.05, 3.63) is 41.9 Å². The summed E-state index contributed by atoms with van der Waals surface area (Å²) in [5.74, 6) is 1.86. The van der Waals surface area contributed by atoms with Gasteiger partial charge in [0.1, 0.15) is 11.6 Å². The molecule has 1 aliphatic heterocycles. The Morgan fingerprint density at radius 1 is 1.52 bits per heavy atom. The Hall–Kier alpha value is -2.04. The Morgan fingerprint density at radius 3 is 3.10 bits per heavy atom. The molecule has 1 aliphatic rings. The quantitative estimate of drug-likeness (QED) is 0.872. The number of rotatable bonds is 3. The van der Waals surface area contributed by atoms with Crippen molar-refractivity contribution in [2.45, 2.75) is 39.2 Å². The molecule has 0 unspecified atom stereocenters. The number of hydrogen-bond donors (Lipinski definition) is 0. The standard InChI is InChI=1S/C16H21N3O2/c1-3-15-17-7-9-19(15)13-5-4-8-18(11-13)16(20)14-6-10-21-12(14)2/h6-7,9-10,13H,3-5,8,11H2,1-2H3/t13-/m0/s1. The van der Waals surface area contributed by atoms with Crippen molar-refractivity contribution in [2.24, 2.45) is 0 Å². The third kappa shape index (κ3) is 2.60. The third-order valence-electron chi connectivity index (χ3n) is 4.23. The average molecular weight is 287 g/mol. The fourth-order valence-electron chi connectivity index (χ4n) is 3.09. The van der Waals surface area contributed by atoms with Crippen LogP contribution >= 0.6 is 0 Å². The van der Waals surface area contributed by atoms with Crippen LogP contribution in [-0.4, -0.2) is 33.4 Å². The summed E-state index contributed by atoms with van der Waals surface area (Å²) in [5, 5.41) is 0. The largest absolute Gasteiger partial charge is 0.469 e. The first kappa shape index (κ1) is 13.9. The molecule has 0 spiro atoms. The number of imidazole rings is 1. The summed E-state index contributed by atoms with van der Waals surface area (Å²) in [6.45, 7) is 5.50. The number of carbonyl (C=O) groups excluding carboxylic acids is 1. The van der Waals surface area contributed by atoms with Crippen molar-refractivity contribution in [3.63, 3.8) is 0 Å². The SMILES string of the molecule is CCc1nccn1[C@H]1CCCN(C(=O)c2ccoc2C)C1. The minimum atomic E-state index is 0.0733. The lowest BCUT2D eigenvalue weighted by molar-refractivity contribution is 0.0676. The summed E-state index contributed by atoms with van der Waals surface area (Å²) < 4.78 is 7.47. The van der Waals surface area contributed by atoms with E-state index < -0.39 is 0 Å². The fraction of sp³-hybridized carbons (Fsp3) is 0.500. The zero-order chi connectivity index (χ0) is 14.8. The highest BCUT2D eigenvalue weighted by Gasteiger charge is 2.27. The van der Waals surface area contributed by atoms with Crippen molar-refractivity contribution in [3.8, 4) is 0 Å². The molecule has 5 heteroatoms. The second-order valence-electron chi connectivity index (χ2n) is 5.54. The molecular weight excluding hydrogens is 266 g/mol. The first-order chi connectivity index (χ1) is 10.2. The summed E-state index contributed by atoms with van der Waals surface area (Å²) in [5.41, 5.74) is 0.678. The van der Waals surface area contributed by atoms with E-state index in [1.165, 1.54) is 0 Å².